The maximum atomic E-state index is 12.1. The van der Waals surface area contributed by atoms with Crippen molar-refractivity contribution in [1.82, 2.24) is 0 Å². The van der Waals surface area contributed by atoms with Crippen LogP contribution in [0.15, 0.2) is 0 Å². The lowest BCUT2D eigenvalue weighted by atomic mass is 9.75. The highest BCUT2D eigenvalue weighted by atomic mass is 16.5. The fraction of sp³-hybridized carbons (Fsp3) is 0.800. The third-order valence-electron chi connectivity index (χ3n) is 3.23. The molecule has 0 aromatic heterocycles. The van der Waals surface area contributed by atoms with Gasteiger partial charge >= 0.3 is 11.9 Å². The normalized spacial score (nSPS) is 15.1. The van der Waals surface area contributed by atoms with E-state index < -0.39 is 23.3 Å². The van der Waals surface area contributed by atoms with E-state index in [0.29, 0.717) is 12.3 Å². The van der Waals surface area contributed by atoms with Crippen molar-refractivity contribution in [3.05, 3.63) is 0 Å². The number of ether oxygens (including phenoxy) is 2. The molecule has 0 aliphatic carbocycles. The molecule has 0 saturated heterocycles. The van der Waals surface area contributed by atoms with Crippen LogP contribution >= 0.6 is 0 Å². The lowest BCUT2D eigenvalue weighted by Crippen LogP contribution is -2.41. The van der Waals surface area contributed by atoms with E-state index in [1.165, 1.54) is 6.92 Å². The van der Waals surface area contributed by atoms with Gasteiger partial charge in [-0.3, -0.25) is 9.59 Å². The first-order chi connectivity index (χ1) is 9.33. The molecule has 20 heavy (non-hydrogen) atoms. The second-order valence-electron chi connectivity index (χ2n) is 5.31. The zero-order valence-corrected chi connectivity index (χ0v) is 13.1. The molecule has 5 nitrogen and oxygen atoms in total. The summed E-state index contributed by atoms with van der Waals surface area (Å²) < 4.78 is 9.96. The fourth-order valence-corrected chi connectivity index (χ4v) is 1.93. The summed E-state index contributed by atoms with van der Waals surface area (Å²) in [5.74, 6) is -1.60. The van der Waals surface area contributed by atoms with Gasteiger partial charge in [-0.2, -0.15) is 5.26 Å². The average molecular weight is 283 g/mol. The Kier molecular flexibility index (Phi) is 7.90. The van der Waals surface area contributed by atoms with Crippen LogP contribution in [0.1, 0.15) is 47.5 Å². The molecule has 0 amide bonds. The first-order valence-corrected chi connectivity index (χ1v) is 7.08. The van der Waals surface area contributed by atoms with Gasteiger partial charge in [0.25, 0.3) is 0 Å². The summed E-state index contributed by atoms with van der Waals surface area (Å²) in [4.78, 5) is 24.1. The molecular weight excluding hydrogens is 258 g/mol. The molecule has 0 aliphatic heterocycles. The molecule has 0 aromatic carbocycles. The minimum atomic E-state index is -1.50. The van der Waals surface area contributed by atoms with Gasteiger partial charge in [0.15, 0.2) is 5.41 Å². The zero-order valence-electron chi connectivity index (χ0n) is 13.1. The van der Waals surface area contributed by atoms with Crippen molar-refractivity contribution in [2.24, 2.45) is 17.3 Å². The molecule has 2 unspecified atom stereocenters. The monoisotopic (exact) mass is 283 g/mol. The van der Waals surface area contributed by atoms with E-state index in [0.717, 1.165) is 6.42 Å². The molecule has 0 aromatic rings. The number of carbonyl (C=O) groups is 2. The van der Waals surface area contributed by atoms with Gasteiger partial charge < -0.3 is 9.47 Å². The van der Waals surface area contributed by atoms with Crippen molar-refractivity contribution in [2.75, 3.05) is 13.2 Å². The molecule has 0 heterocycles. The molecule has 0 spiro atoms. The van der Waals surface area contributed by atoms with E-state index in [1.807, 2.05) is 19.9 Å². The van der Waals surface area contributed by atoms with Crippen molar-refractivity contribution in [3.63, 3.8) is 0 Å². The standard InChI is InChI=1S/C15H25NO4/c1-6-19-13(17)12(9-8-11(3)4)15(5,10-16)14(18)20-7-2/h11-12H,6-9H2,1-5H3. The highest BCUT2D eigenvalue weighted by molar-refractivity contribution is 5.87. The quantitative estimate of drug-likeness (QED) is 0.640. The predicted molar refractivity (Wildman–Crippen MR) is 74.5 cm³/mol. The molecule has 0 saturated carbocycles. The first-order valence-electron chi connectivity index (χ1n) is 7.08. The molecular formula is C15H25NO4. The van der Waals surface area contributed by atoms with Crippen LogP contribution in [0.2, 0.25) is 0 Å². The van der Waals surface area contributed by atoms with Crippen molar-refractivity contribution in [2.45, 2.75) is 47.5 Å². The minimum absolute atomic E-state index is 0.176. The summed E-state index contributed by atoms with van der Waals surface area (Å²) in [5, 5.41) is 9.38. The highest BCUT2D eigenvalue weighted by Crippen LogP contribution is 2.34. The van der Waals surface area contributed by atoms with Crippen LogP contribution in [0.5, 0.6) is 0 Å². The molecule has 5 heteroatoms. The van der Waals surface area contributed by atoms with Crippen LogP contribution in [0.3, 0.4) is 0 Å². The maximum Gasteiger partial charge on any atom is 0.327 e. The Balaban J connectivity index is 5.27. The molecule has 0 fully saturated rings. The number of hydrogen-bond acceptors (Lipinski definition) is 5. The van der Waals surface area contributed by atoms with E-state index in [9.17, 15) is 14.9 Å². The summed E-state index contributed by atoms with van der Waals surface area (Å²) in [7, 11) is 0. The SMILES string of the molecule is CCOC(=O)C(CCC(C)C)C(C)(C#N)C(=O)OCC. The van der Waals surface area contributed by atoms with Gasteiger partial charge in [0.2, 0.25) is 0 Å². The molecule has 114 valence electrons. The summed E-state index contributed by atoms with van der Waals surface area (Å²) in [6.07, 6.45) is 1.17. The number of esters is 2. The summed E-state index contributed by atoms with van der Waals surface area (Å²) in [6, 6.07) is 1.95. The highest BCUT2D eigenvalue weighted by Gasteiger charge is 2.47. The molecule has 0 radical (unpaired) electrons. The fourth-order valence-electron chi connectivity index (χ4n) is 1.93. The third kappa shape index (κ3) is 4.84. The average Bonchev–Trinajstić information content (AvgIpc) is 2.38. The van der Waals surface area contributed by atoms with Crippen LogP contribution in [0, 0.1) is 28.6 Å². The second kappa shape index (κ2) is 8.57. The zero-order chi connectivity index (χ0) is 15.8. The van der Waals surface area contributed by atoms with Crippen LogP contribution < -0.4 is 0 Å². The van der Waals surface area contributed by atoms with Gasteiger partial charge in [-0.25, -0.2) is 0 Å². The molecule has 2 atom stereocenters. The Morgan fingerprint density at radius 2 is 1.70 bits per heavy atom. The van der Waals surface area contributed by atoms with Gasteiger partial charge in [0.05, 0.1) is 25.2 Å². The van der Waals surface area contributed by atoms with E-state index in [4.69, 9.17) is 9.47 Å². The van der Waals surface area contributed by atoms with Gasteiger partial charge in [0, 0.05) is 0 Å². The third-order valence-corrected chi connectivity index (χ3v) is 3.23. The topological polar surface area (TPSA) is 76.4 Å². The summed E-state index contributed by atoms with van der Waals surface area (Å²) >= 11 is 0. The molecule has 0 N–H and O–H groups in total. The van der Waals surface area contributed by atoms with Crippen molar-refractivity contribution >= 4 is 11.9 Å². The Labute approximate surface area is 121 Å². The van der Waals surface area contributed by atoms with E-state index in [-0.39, 0.29) is 13.2 Å². The first kappa shape index (κ1) is 18.4. The maximum absolute atomic E-state index is 12.1. The van der Waals surface area contributed by atoms with Crippen molar-refractivity contribution in [3.8, 4) is 6.07 Å². The van der Waals surface area contributed by atoms with Crippen molar-refractivity contribution < 1.29 is 19.1 Å². The van der Waals surface area contributed by atoms with Gasteiger partial charge in [-0.1, -0.05) is 20.3 Å². The van der Waals surface area contributed by atoms with Crippen LogP contribution in [0.25, 0.3) is 0 Å². The number of hydrogen-bond donors (Lipinski definition) is 0. The van der Waals surface area contributed by atoms with Gasteiger partial charge in [-0.15, -0.1) is 0 Å². The Bertz CT molecular complexity index is 373. The smallest absolute Gasteiger partial charge is 0.327 e. The van der Waals surface area contributed by atoms with Gasteiger partial charge in [0.1, 0.15) is 0 Å². The summed E-state index contributed by atoms with van der Waals surface area (Å²) in [5.41, 5.74) is -1.50. The number of carbonyl (C=O) groups excluding carboxylic acids is 2. The van der Waals surface area contributed by atoms with Crippen LogP contribution in [-0.2, 0) is 19.1 Å². The Morgan fingerprint density at radius 3 is 2.10 bits per heavy atom. The molecule has 0 aliphatic rings. The van der Waals surface area contributed by atoms with E-state index >= 15 is 0 Å². The molecule has 0 rings (SSSR count). The van der Waals surface area contributed by atoms with Crippen LogP contribution in [-0.4, -0.2) is 25.2 Å². The number of rotatable bonds is 8. The Hall–Kier alpha value is -1.57. The molecule has 0 bridgehead atoms. The van der Waals surface area contributed by atoms with E-state index in [1.54, 1.807) is 13.8 Å². The Morgan fingerprint density at radius 1 is 1.15 bits per heavy atom. The lowest BCUT2D eigenvalue weighted by Gasteiger charge is -2.28. The van der Waals surface area contributed by atoms with Crippen molar-refractivity contribution in [1.29, 1.82) is 5.26 Å². The van der Waals surface area contributed by atoms with Crippen LogP contribution in [0.4, 0.5) is 0 Å². The summed E-state index contributed by atoms with van der Waals surface area (Å²) in [6.45, 7) is 9.27. The minimum Gasteiger partial charge on any atom is -0.466 e. The largest absolute Gasteiger partial charge is 0.466 e. The number of nitriles is 1. The second-order valence-corrected chi connectivity index (χ2v) is 5.31. The lowest BCUT2D eigenvalue weighted by molar-refractivity contribution is -0.164. The predicted octanol–water partition coefficient (Wildman–Crippen LogP) is 2.69. The number of nitrogens with zero attached hydrogens (tertiary/aromatic N) is 1. The van der Waals surface area contributed by atoms with Gasteiger partial charge in [-0.05, 0) is 33.1 Å². The van der Waals surface area contributed by atoms with E-state index in [2.05, 4.69) is 0 Å².